The molecule has 2 N–H and O–H groups in total. The van der Waals surface area contributed by atoms with Gasteiger partial charge in [0.05, 0.1) is 12.8 Å². The molecule has 1 aromatic heterocycles. The summed E-state index contributed by atoms with van der Waals surface area (Å²) in [4.78, 5) is 0. The highest BCUT2D eigenvalue weighted by atomic mass is 16.5. The van der Waals surface area contributed by atoms with E-state index in [1.165, 1.54) is 5.56 Å². The minimum absolute atomic E-state index is 0.574. The van der Waals surface area contributed by atoms with Crippen molar-refractivity contribution in [3.63, 3.8) is 0 Å². The molecule has 1 aromatic carbocycles. The number of nitrogens with zero attached hydrogens (tertiary/aromatic N) is 2. The van der Waals surface area contributed by atoms with Crippen molar-refractivity contribution in [1.82, 2.24) is 15.1 Å². The van der Waals surface area contributed by atoms with Crippen molar-refractivity contribution in [2.45, 2.75) is 19.9 Å². The maximum atomic E-state index is 5.38. The molecule has 0 unspecified atom stereocenters. The molecule has 118 valence electrons. The molecule has 2 heterocycles. The van der Waals surface area contributed by atoms with Crippen LogP contribution in [0.5, 0.6) is 5.75 Å². The number of benzene rings is 1. The number of aromatic nitrogens is 2. The standard InChI is InChI=1S/C17H24N4O/c1-13-9-17-19-11-14(12-21(17)20-13)10-18-8-7-15-5-3-4-6-16(15)22-2/h3-6,9,14,18-19H,7-8,10-12H2,1-2H3/t14-/m1/s1. The predicted octanol–water partition coefficient (Wildman–Crippen LogP) is 2.07. The van der Waals surface area contributed by atoms with Gasteiger partial charge in [-0.3, -0.25) is 0 Å². The van der Waals surface area contributed by atoms with E-state index >= 15 is 0 Å². The second-order valence-corrected chi connectivity index (χ2v) is 5.87. The number of nitrogens with one attached hydrogen (secondary N) is 2. The Morgan fingerprint density at radius 1 is 1.41 bits per heavy atom. The molecule has 1 atom stereocenters. The third-order valence-corrected chi connectivity index (χ3v) is 4.10. The topological polar surface area (TPSA) is 51.1 Å². The fraction of sp³-hybridized carbons (Fsp3) is 0.471. The van der Waals surface area contributed by atoms with Crippen LogP contribution >= 0.6 is 0 Å². The van der Waals surface area contributed by atoms with Crippen LogP contribution < -0.4 is 15.4 Å². The van der Waals surface area contributed by atoms with Gasteiger partial charge < -0.3 is 15.4 Å². The number of methoxy groups -OCH3 is 1. The SMILES string of the molecule is COc1ccccc1CCNC[C@@H]1CNc2cc(C)nn2C1. The minimum atomic E-state index is 0.574. The molecule has 0 fully saturated rings. The summed E-state index contributed by atoms with van der Waals surface area (Å²) in [5.41, 5.74) is 2.33. The summed E-state index contributed by atoms with van der Waals surface area (Å²) in [6.07, 6.45) is 0.982. The van der Waals surface area contributed by atoms with E-state index in [1.807, 2.05) is 19.1 Å². The molecule has 22 heavy (non-hydrogen) atoms. The lowest BCUT2D eigenvalue weighted by molar-refractivity contribution is 0.389. The van der Waals surface area contributed by atoms with Crippen molar-refractivity contribution in [3.8, 4) is 5.75 Å². The van der Waals surface area contributed by atoms with Gasteiger partial charge in [-0.2, -0.15) is 5.10 Å². The predicted molar refractivity (Wildman–Crippen MR) is 88.5 cm³/mol. The molecule has 0 radical (unpaired) electrons. The molecule has 0 bridgehead atoms. The number of fused-ring (bicyclic) bond motifs is 1. The van der Waals surface area contributed by atoms with Gasteiger partial charge in [0.25, 0.3) is 0 Å². The number of ether oxygens (including phenoxy) is 1. The number of anilines is 1. The van der Waals surface area contributed by atoms with E-state index in [9.17, 15) is 0 Å². The van der Waals surface area contributed by atoms with Crippen LogP contribution in [0.3, 0.4) is 0 Å². The Balaban J connectivity index is 1.44. The number of aryl methyl sites for hydroxylation is 1. The van der Waals surface area contributed by atoms with E-state index in [2.05, 4.69) is 38.6 Å². The highest BCUT2D eigenvalue weighted by Crippen LogP contribution is 2.19. The number of hydrogen-bond acceptors (Lipinski definition) is 4. The third-order valence-electron chi connectivity index (χ3n) is 4.10. The van der Waals surface area contributed by atoms with Crippen LogP contribution in [0.4, 0.5) is 5.82 Å². The molecule has 1 aliphatic heterocycles. The lowest BCUT2D eigenvalue weighted by Gasteiger charge is -2.25. The third kappa shape index (κ3) is 3.42. The van der Waals surface area contributed by atoms with Crippen LogP contribution in [0, 0.1) is 12.8 Å². The highest BCUT2D eigenvalue weighted by Gasteiger charge is 2.18. The first-order valence-corrected chi connectivity index (χ1v) is 7.87. The maximum absolute atomic E-state index is 5.38. The van der Waals surface area contributed by atoms with Crippen LogP contribution in [0.1, 0.15) is 11.3 Å². The van der Waals surface area contributed by atoms with Crippen LogP contribution in [0.2, 0.25) is 0 Å². The lowest BCUT2D eigenvalue weighted by Crippen LogP contribution is -2.36. The molecule has 0 spiro atoms. The number of hydrogen-bond donors (Lipinski definition) is 2. The summed E-state index contributed by atoms with van der Waals surface area (Å²) in [6.45, 7) is 5.99. The first kappa shape index (κ1) is 14.9. The second-order valence-electron chi connectivity index (χ2n) is 5.87. The minimum Gasteiger partial charge on any atom is -0.496 e. The Bertz CT molecular complexity index is 623. The Kier molecular flexibility index (Phi) is 4.63. The lowest BCUT2D eigenvalue weighted by atomic mass is 10.1. The molecule has 2 aromatic rings. The monoisotopic (exact) mass is 300 g/mol. The average Bonchev–Trinajstić information content (AvgIpc) is 2.91. The van der Waals surface area contributed by atoms with Gasteiger partial charge in [0.2, 0.25) is 0 Å². The zero-order valence-electron chi connectivity index (χ0n) is 13.3. The average molecular weight is 300 g/mol. The molecule has 0 amide bonds. The summed E-state index contributed by atoms with van der Waals surface area (Å²) in [5.74, 6) is 2.69. The van der Waals surface area contributed by atoms with Gasteiger partial charge in [-0.05, 0) is 31.5 Å². The van der Waals surface area contributed by atoms with Gasteiger partial charge in [0.15, 0.2) is 0 Å². The molecule has 0 aliphatic carbocycles. The molecular weight excluding hydrogens is 276 g/mol. The fourth-order valence-corrected chi connectivity index (χ4v) is 2.96. The van der Waals surface area contributed by atoms with E-state index in [0.29, 0.717) is 5.92 Å². The van der Waals surface area contributed by atoms with E-state index in [4.69, 9.17) is 4.74 Å². The molecule has 5 nitrogen and oxygen atoms in total. The highest BCUT2D eigenvalue weighted by molar-refractivity contribution is 5.38. The van der Waals surface area contributed by atoms with Gasteiger partial charge in [0.1, 0.15) is 11.6 Å². The summed E-state index contributed by atoms with van der Waals surface area (Å²) < 4.78 is 7.46. The van der Waals surface area contributed by atoms with Gasteiger partial charge in [-0.15, -0.1) is 0 Å². The summed E-state index contributed by atoms with van der Waals surface area (Å²) in [7, 11) is 1.73. The molecule has 5 heteroatoms. The van der Waals surface area contributed by atoms with Crippen molar-refractivity contribution in [2.75, 3.05) is 32.1 Å². The van der Waals surface area contributed by atoms with Crippen LogP contribution in [0.15, 0.2) is 30.3 Å². The largest absolute Gasteiger partial charge is 0.496 e. The molecule has 0 saturated heterocycles. The fourth-order valence-electron chi connectivity index (χ4n) is 2.96. The molecule has 1 aliphatic rings. The normalized spacial score (nSPS) is 16.9. The molecule has 3 rings (SSSR count). The van der Waals surface area contributed by atoms with Crippen LogP contribution in [-0.4, -0.2) is 36.5 Å². The first-order chi connectivity index (χ1) is 10.8. The molecular formula is C17H24N4O. The van der Waals surface area contributed by atoms with Crippen molar-refractivity contribution in [3.05, 3.63) is 41.6 Å². The first-order valence-electron chi connectivity index (χ1n) is 7.87. The van der Waals surface area contributed by atoms with Crippen molar-refractivity contribution in [1.29, 1.82) is 0 Å². The Morgan fingerprint density at radius 2 is 2.27 bits per heavy atom. The van der Waals surface area contributed by atoms with Crippen molar-refractivity contribution in [2.24, 2.45) is 5.92 Å². The van der Waals surface area contributed by atoms with Gasteiger partial charge >= 0.3 is 0 Å². The van der Waals surface area contributed by atoms with E-state index in [-0.39, 0.29) is 0 Å². The summed E-state index contributed by atoms with van der Waals surface area (Å²) >= 11 is 0. The van der Waals surface area contributed by atoms with Gasteiger partial charge in [-0.25, -0.2) is 4.68 Å². The van der Waals surface area contributed by atoms with E-state index < -0.39 is 0 Å². The van der Waals surface area contributed by atoms with E-state index in [1.54, 1.807) is 7.11 Å². The Labute approximate surface area is 131 Å². The summed E-state index contributed by atoms with van der Waals surface area (Å²) in [6, 6.07) is 10.3. The maximum Gasteiger partial charge on any atom is 0.124 e. The summed E-state index contributed by atoms with van der Waals surface area (Å²) in [5, 5.41) is 11.5. The van der Waals surface area contributed by atoms with Crippen LogP contribution in [-0.2, 0) is 13.0 Å². The number of para-hydroxylation sites is 1. The van der Waals surface area contributed by atoms with Crippen molar-refractivity contribution < 1.29 is 4.74 Å². The zero-order chi connectivity index (χ0) is 15.4. The number of rotatable bonds is 6. The Hall–Kier alpha value is -2.01. The Morgan fingerprint density at radius 3 is 3.14 bits per heavy atom. The van der Waals surface area contributed by atoms with Crippen molar-refractivity contribution >= 4 is 5.82 Å². The van der Waals surface area contributed by atoms with Gasteiger partial charge in [0, 0.05) is 31.6 Å². The quantitative estimate of drug-likeness (QED) is 0.802. The smallest absolute Gasteiger partial charge is 0.124 e. The van der Waals surface area contributed by atoms with Gasteiger partial charge in [-0.1, -0.05) is 18.2 Å². The zero-order valence-corrected chi connectivity index (χ0v) is 13.3. The van der Waals surface area contributed by atoms with E-state index in [0.717, 1.165) is 49.9 Å². The second kappa shape index (κ2) is 6.83. The molecule has 0 saturated carbocycles. The van der Waals surface area contributed by atoms with Crippen LogP contribution in [0.25, 0.3) is 0 Å².